The van der Waals surface area contributed by atoms with Crippen molar-refractivity contribution in [3.63, 3.8) is 0 Å². The first-order chi connectivity index (χ1) is 14.0. The van der Waals surface area contributed by atoms with Gasteiger partial charge in [-0.1, -0.05) is 45.9 Å². The predicted octanol–water partition coefficient (Wildman–Crippen LogP) is 5.27. The van der Waals surface area contributed by atoms with Crippen LogP contribution in [0.15, 0.2) is 54.6 Å². The second-order valence-corrected chi connectivity index (χ2v) is 5.60. The minimum Gasteiger partial charge on any atom is -0.508 e. The van der Waals surface area contributed by atoms with Gasteiger partial charge in [0.15, 0.2) is 11.5 Å². The third kappa shape index (κ3) is 5.97. The van der Waals surface area contributed by atoms with Gasteiger partial charge in [0.2, 0.25) is 0 Å². The van der Waals surface area contributed by atoms with Gasteiger partial charge in [0.1, 0.15) is 18.1 Å². The van der Waals surface area contributed by atoms with Crippen LogP contribution in [0.3, 0.4) is 0 Å². The Hall–Kier alpha value is -3.54. The van der Waals surface area contributed by atoms with Gasteiger partial charge in [-0.25, -0.2) is 0 Å². The maximum Gasteiger partial charge on any atom is 0.181 e. The number of benzene rings is 3. The molecule has 0 fully saturated rings. The van der Waals surface area contributed by atoms with Gasteiger partial charge < -0.3 is 31.5 Å². The average Bonchev–Trinajstić information content (AvgIpc) is 2.75. The van der Waals surface area contributed by atoms with E-state index in [-0.39, 0.29) is 22.9 Å². The number of hydrogen-bond acceptors (Lipinski definition) is 6. The summed E-state index contributed by atoms with van der Waals surface area (Å²) in [6, 6.07) is 14.9. The number of aromatic hydroxyl groups is 3. The Morgan fingerprint density at radius 1 is 0.793 bits per heavy atom. The van der Waals surface area contributed by atoms with E-state index in [1.54, 1.807) is 48.5 Å². The van der Waals surface area contributed by atoms with Gasteiger partial charge in [-0.3, -0.25) is 0 Å². The van der Waals surface area contributed by atoms with Crippen molar-refractivity contribution >= 4 is 11.4 Å². The highest BCUT2D eigenvalue weighted by atomic mass is 16.5. The highest BCUT2D eigenvalue weighted by Gasteiger charge is 2.12. The van der Waals surface area contributed by atoms with Crippen LogP contribution in [0, 0.1) is 0 Å². The third-order valence-electron chi connectivity index (χ3n) is 3.85. The normalized spacial score (nSPS) is 9.52. The molecule has 3 aromatic carbocycles. The maximum atomic E-state index is 9.75. The number of hydrogen-bond donors (Lipinski definition) is 5. The zero-order chi connectivity index (χ0) is 22.0. The Morgan fingerprint density at radius 2 is 1.41 bits per heavy atom. The monoisotopic (exact) mass is 398 g/mol. The quantitative estimate of drug-likeness (QED) is 0.302. The molecule has 3 rings (SSSR count). The number of rotatable bonds is 4. The molecule has 0 bridgehead atoms. The van der Waals surface area contributed by atoms with Crippen LogP contribution in [0.2, 0.25) is 0 Å². The van der Waals surface area contributed by atoms with E-state index in [4.69, 9.17) is 16.2 Å². The molecule has 0 aliphatic heterocycles. The molecule has 0 radical (unpaired) electrons. The van der Waals surface area contributed by atoms with Crippen molar-refractivity contribution in [1.29, 1.82) is 0 Å². The number of anilines is 2. The van der Waals surface area contributed by atoms with Crippen molar-refractivity contribution in [1.82, 2.24) is 0 Å². The van der Waals surface area contributed by atoms with E-state index in [1.165, 1.54) is 6.07 Å². The Balaban J connectivity index is 0.000000989. The number of phenolic OH excluding ortho intramolecular Hbond substituents is 3. The Labute approximate surface area is 172 Å². The van der Waals surface area contributed by atoms with Crippen molar-refractivity contribution in [2.75, 3.05) is 11.5 Å². The summed E-state index contributed by atoms with van der Waals surface area (Å²) >= 11 is 0. The minimum atomic E-state index is -0.358. The summed E-state index contributed by atoms with van der Waals surface area (Å²) in [5, 5.41) is 28.5. The fourth-order valence-electron chi connectivity index (χ4n) is 2.45. The molecule has 6 heteroatoms. The molecule has 0 heterocycles. The molecule has 0 atom stereocenters. The fourth-order valence-corrected chi connectivity index (χ4v) is 2.45. The summed E-state index contributed by atoms with van der Waals surface area (Å²) in [7, 11) is 0. The highest BCUT2D eigenvalue weighted by Crippen LogP contribution is 2.40. The summed E-state index contributed by atoms with van der Waals surface area (Å²) in [4.78, 5) is 0. The van der Waals surface area contributed by atoms with E-state index in [2.05, 4.69) is 0 Å². The van der Waals surface area contributed by atoms with Crippen LogP contribution in [0.1, 0.15) is 33.3 Å². The Morgan fingerprint density at radius 3 is 2.00 bits per heavy atom. The molecule has 0 saturated heterocycles. The van der Waals surface area contributed by atoms with Gasteiger partial charge in [0.05, 0.1) is 11.4 Å². The largest absolute Gasteiger partial charge is 0.508 e. The number of nitrogens with two attached hydrogens (primary N) is 2. The lowest BCUT2D eigenvalue weighted by Crippen LogP contribution is -1.99. The van der Waals surface area contributed by atoms with E-state index < -0.39 is 0 Å². The average molecular weight is 399 g/mol. The fraction of sp³-hybridized carbons (Fsp3) is 0.217. The molecular weight excluding hydrogens is 368 g/mol. The lowest BCUT2D eigenvalue weighted by molar-refractivity contribution is 0.308. The zero-order valence-electron chi connectivity index (χ0n) is 17.3. The van der Waals surface area contributed by atoms with Crippen LogP contribution in [-0.2, 0) is 6.61 Å². The minimum absolute atomic E-state index is 0.0807. The lowest BCUT2D eigenvalue weighted by atomic mass is 10.0. The second-order valence-electron chi connectivity index (χ2n) is 5.60. The van der Waals surface area contributed by atoms with Gasteiger partial charge in [-0.05, 0) is 47.5 Å². The second kappa shape index (κ2) is 11.3. The summed E-state index contributed by atoms with van der Waals surface area (Å²) in [6.07, 6.45) is 0. The van der Waals surface area contributed by atoms with E-state index >= 15 is 0 Å². The van der Waals surface area contributed by atoms with Crippen LogP contribution >= 0.6 is 0 Å². The smallest absolute Gasteiger partial charge is 0.181 e. The molecule has 0 aliphatic rings. The lowest BCUT2D eigenvalue weighted by Gasteiger charge is -2.13. The number of phenols is 3. The van der Waals surface area contributed by atoms with Crippen molar-refractivity contribution < 1.29 is 20.1 Å². The van der Waals surface area contributed by atoms with Gasteiger partial charge in [0.25, 0.3) is 0 Å². The SMILES string of the molecule is CC.CC.Nc1cc(-c2ccc(O)c(O)c2N)ccc1OCc1ccc(O)cc1. The molecule has 0 spiro atoms. The van der Waals surface area contributed by atoms with Crippen LogP contribution in [0.4, 0.5) is 11.4 Å². The Kier molecular flexibility index (Phi) is 9.19. The molecule has 0 unspecified atom stereocenters. The van der Waals surface area contributed by atoms with E-state index in [0.717, 1.165) is 5.56 Å². The molecule has 156 valence electrons. The molecule has 0 amide bonds. The topological polar surface area (TPSA) is 122 Å². The molecular formula is C23H30N2O4. The zero-order valence-corrected chi connectivity index (χ0v) is 17.3. The third-order valence-corrected chi connectivity index (χ3v) is 3.85. The van der Waals surface area contributed by atoms with Crippen molar-refractivity contribution in [2.45, 2.75) is 34.3 Å². The molecule has 0 aliphatic carbocycles. The van der Waals surface area contributed by atoms with Crippen molar-refractivity contribution in [2.24, 2.45) is 0 Å². The van der Waals surface area contributed by atoms with Crippen LogP contribution < -0.4 is 16.2 Å². The van der Waals surface area contributed by atoms with Gasteiger partial charge in [0, 0.05) is 5.56 Å². The van der Waals surface area contributed by atoms with Crippen molar-refractivity contribution in [3.8, 4) is 34.1 Å². The standard InChI is InChI=1S/C19H18N2O4.2C2H6/c20-15-9-12(14-6-7-16(23)19(24)18(14)21)3-8-17(15)25-10-11-1-4-13(22)5-2-11;2*1-2/h1-9,22-24H,10,20-21H2;2*1-2H3. The van der Waals surface area contributed by atoms with Gasteiger partial charge in [-0.15, -0.1) is 0 Å². The first kappa shape index (κ1) is 23.5. The molecule has 0 saturated carbocycles. The number of nitrogen functional groups attached to an aromatic ring is 2. The Bertz CT molecular complexity index is 909. The van der Waals surface area contributed by atoms with Gasteiger partial charge >= 0.3 is 0 Å². The van der Waals surface area contributed by atoms with Gasteiger partial charge in [-0.2, -0.15) is 0 Å². The molecule has 29 heavy (non-hydrogen) atoms. The molecule has 3 aromatic rings. The molecule has 7 N–H and O–H groups in total. The van der Waals surface area contributed by atoms with Crippen molar-refractivity contribution in [3.05, 3.63) is 60.2 Å². The maximum absolute atomic E-state index is 9.75. The number of ether oxygens (including phenoxy) is 1. The molecule has 0 aromatic heterocycles. The summed E-state index contributed by atoms with van der Waals surface area (Å²) < 4.78 is 5.70. The summed E-state index contributed by atoms with van der Waals surface area (Å²) in [5.41, 5.74) is 14.6. The molecule has 6 nitrogen and oxygen atoms in total. The van der Waals surface area contributed by atoms with Crippen LogP contribution in [-0.4, -0.2) is 15.3 Å². The summed E-state index contributed by atoms with van der Waals surface area (Å²) in [5.74, 6) is 0.0764. The van der Waals surface area contributed by atoms with Crippen LogP contribution in [0.25, 0.3) is 11.1 Å². The summed E-state index contributed by atoms with van der Waals surface area (Å²) in [6.45, 7) is 8.31. The first-order valence-corrected chi connectivity index (χ1v) is 9.56. The highest BCUT2D eigenvalue weighted by molar-refractivity contribution is 5.84. The van der Waals surface area contributed by atoms with E-state index in [9.17, 15) is 15.3 Å². The predicted molar refractivity (Wildman–Crippen MR) is 119 cm³/mol. The van der Waals surface area contributed by atoms with E-state index in [0.29, 0.717) is 29.2 Å². The van der Waals surface area contributed by atoms with Crippen LogP contribution in [0.5, 0.6) is 23.0 Å². The van der Waals surface area contributed by atoms with E-state index in [1.807, 2.05) is 27.7 Å². The first-order valence-electron chi connectivity index (χ1n) is 9.56.